The van der Waals surface area contributed by atoms with Crippen molar-refractivity contribution in [1.82, 2.24) is 13.1 Å². The standard InChI is InChI=1S/C25H22F2N4O6Se/c1-13-10-14(6-7-16(13)31-22(35)15-4-2-3-5-18(15)38-31)11-20(33)28-19-8-9-30(24(36)29-19)23-25(26,27)21(34)17(12-32)37-23/h2-10,17,21,23,32,34H,11-12H2,1H3,(H,28,29,33,36)/t17-,21-,23-/m0/s1. The van der Waals surface area contributed by atoms with Crippen molar-refractivity contribution < 1.29 is 28.5 Å². The van der Waals surface area contributed by atoms with E-state index in [0.29, 0.717) is 15.5 Å². The number of halogens is 2. The normalized spacial score (nSPS) is 20.6. The zero-order valence-electron chi connectivity index (χ0n) is 19.9. The maximum atomic E-state index is 14.3. The van der Waals surface area contributed by atoms with Crippen LogP contribution in [-0.4, -0.2) is 68.7 Å². The minimum absolute atomic E-state index is 0.0562. The molecule has 5 rings (SSSR count). The predicted molar refractivity (Wildman–Crippen MR) is 134 cm³/mol. The van der Waals surface area contributed by atoms with Gasteiger partial charge in [-0.3, -0.25) is 0 Å². The van der Waals surface area contributed by atoms with Gasteiger partial charge in [-0.1, -0.05) is 0 Å². The van der Waals surface area contributed by atoms with Gasteiger partial charge in [-0.15, -0.1) is 0 Å². The van der Waals surface area contributed by atoms with Crippen LogP contribution in [0.4, 0.5) is 14.6 Å². The first-order valence-corrected chi connectivity index (χ1v) is 13.1. The third-order valence-corrected chi connectivity index (χ3v) is 8.55. The maximum absolute atomic E-state index is 14.3. The zero-order chi connectivity index (χ0) is 27.2. The molecule has 0 bridgehead atoms. The van der Waals surface area contributed by atoms with Crippen LogP contribution >= 0.6 is 0 Å². The Morgan fingerprint density at radius 1 is 1.21 bits per heavy atom. The van der Waals surface area contributed by atoms with Crippen molar-refractivity contribution >= 4 is 36.1 Å². The third-order valence-electron chi connectivity index (χ3n) is 6.25. The number of carbonyl (C=O) groups excluding carboxylic acids is 1. The number of benzene rings is 2. The van der Waals surface area contributed by atoms with Crippen LogP contribution in [0, 0.1) is 6.92 Å². The molecule has 1 amide bonds. The van der Waals surface area contributed by atoms with Gasteiger partial charge in [-0.2, -0.15) is 8.78 Å². The summed E-state index contributed by atoms with van der Waals surface area (Å²) in [4.78, 5) is 41.4. The number of aromatic nitrogens is 3. The van der Waals surface area contributed by atoms with Gasteiger partial charge in [0.2, 0.25) is 6.23 Å². The zero-order valence-corrected chi connectivity index (χ0v) is 21.6. The molecule has 0 aliphatic carbocycles. The molecule has 1 fully saturated rings. The van der Waals surface area contributed by atoms with Crippen molar-refractivity contribution in [3.63, 3.8) is 0 Å². The topological polar surface area (TPSA) is 136 Å². The van der Waals surface area contributed by atoms with Gasteiger partial charge in [-0.05, 0) is 0 Å². The van der Waals surface area contributed by atoms with Crippen molar-refractivity contribution in [1.29, 1.82) is 0 Å². The Hall–Kier alpha value is -3.48. The summed E-state index contributed by atoms with van der Waals surface area (Å²) in [5, 5.41) is 21.9. The molecule has 0 unspecified atom stereocenters. The number of hydrogen-bond donors (Lipinski definition) is 3. The third kappa shape index (κ3) is 4.63. The molecule has 10 nitrogen and oxygen atoms in total. The summed E-state index contributed by atoms with van der Waals surface area (Å²) in [6.45, 7) is 0.996. The molecule has 13 heteroatoms. The van der Waals surface area contributed by atoms with Crippen LogP contribution in [0.5, 0.6) is 0 Å². The number of aliphatic hydroxyl groups excluding tert-OH is 2. The van der Waals surface area contributed by atoms with Crippen LogP contribution < -0.4 is 16.6 Å². The fourth-order valence-corrected chi connectivity index (χ4v) is 6.59. The van der Waals surface area contributed by atoms with Crippen molar-refractivity contribution in [2.75, 3.05) is 11.9 Å². The number of anilines is 1. The quantitative estimate of drug-likeness (QED) is 0.285. The van der Waals surface area contributed by atoms with Crippen molar-refractivity contribution in [3.05, 3.63) is 86.7 Å². The van der Waals surface area contributed by atoms with Crippen LogP contribution in [0.2, 0.25) is 0 Å². The van der Waals surface area contributed by atoms with E-state index in [2.05, 4.69) is 10.3 Å². The van der Waals surface area contributed by atoms with Gasteiger partial charge in [0.25, 0.3) is 0 Å². The Morgan fingerprint density at radius 3 is 2.63 bits per heavy atom. The van der Waals surface area contributed by atoms with E-state index in [1.54, 1.807) is 27.8 Å². The number of amides is 1. The summed E-state index contributed by atoms with van der Waals surface area (Å²) < 4.78 is 36.9. The summed E-state index contributed by atoms with van der Waals surface area (Å²) in [5.74, 6) is -4.47. The van der Waals surface area contributed by atoms with Crippen molar-refractivity contribution in [2.45, 2.75) is 37.7 Å². The van der Waals surface area contributed by atoms with Gasteiger partial charge in [0.1, 0.15) is 6.10 Å². The van der Waals surface area contributed by atoms with Gasteiger partial charge < -0.3 is 14.9 Å². The number of ether oxygens (including phenoxy) is 1. The Labute approximate surface area is 219 Å². The Bertz CT molecular complexity index is 1650. The number of rotatable bonds is 6. The van der Waals surface area contributed by atoms with Gasteiger partial charge in [-0.25, -0.2) is 0 Å². The molecule has 38 heavy (non-hydrogen) atoms. The van der Waals surface area contributed by atoms with Crippen LogP contribution in [0.1, 0.15) is 17.4 Å². The van der Waals surface area contributed by atoms with Crippen LogP contribution in [0.3, 0.4) is 0 Å². The number of fused-ring (bicyclic) bond motifs is 1. The predicted octanol–water partition coefficient (Wildman–Crippen LogP) is 0.980. The molecule has 3 heterocycles. The van der Waals surface area contributed by atoms with E-state index >= 15 is 0 Å². The molecule has 1 saturated heterocycles. The molecule has 0 saturated carbocycles. The summed E-state index contributed by atoms with van der Waals surface area (Å²) in [7, 11) is 0. The molecule has 4 aromatic rings. The van der Waals surface area contributed by atoms with Gasteiger partial charge in [0, 0.05) is 0 Å². The van der Waals surface area contributed by atoms with Crippen molar-refractivity contribution in [2.24, 2.45) is 0 Å². The second-order valence-electron chi connectivity index (χ2n) is 8.86. The van der Waals surface area contributed by atoms with Crippen molar-refractivity contribution in [3.8, 4) is 5.69 Å². The molecular weight excluding hydrogens is 569 g/mol. The fourth-order valence-electron chi connectivity index (χ4n) is 4.34. The van der Waals surface area contributed by atoms with E-state index in [4.69, 9.17) is 9.84 Å². The molecule has 3 N–H and O–H groups in total. The fraction of sp³-hybridized carbons (Fsp3) is 0.280. The summed E-state index contributed by atoms with van der Waals surface area (Å²) in [6, 6.07) is 14.0. The summed E-state index contributed by atoms with van der Waals surface area (Å²) in [5.41, 5.74) is 1.06. The summed E-state index contributed by atoms with van der Waals surface area (Å²) >= 11 is -0.187. The number of alkyl halides is 2. The average Bonchev–Trinajstić information content (AvgIpc) is 3.32. The van der Waals surface area contributed by atoms with E-state index < -0.39 is 42.6 Å². The monoisotopic (exact) mass is 592 g/mol. The SMILES string of the molecule is Cc1cc(CC(=O)Nc2ccn([C@H]3O[C@@H](CO)[C@H](O)C3(F)F)c(=O)n2)ccc1-n1[se]c2ccccc2c1=O. The van der Waals surface area contributed by atoms with E-state index in [-0.39, 0.29) is 32.5 Å². The second kappa shape index (κ2) is 10.0. The first-order valence-electron chi connectivity index (χ1n) is 11.5. The van der Waals surface area contributed by atoms with E-state index in [1.807, 2.05) is 25.1 Å². The molecule has 1 aliphatic rings. The van der Waals surface area contributed by atoms with E-state index in [0.717, 1.165) is 27.8 Å². The average molecular weight is 591 g/mol. The van der Waals surface area contributed by atoms with Gasteiger partial charge in [0.05, 0.1) is 6.61 Å². The van der Waals surface area contributed by atoms with E-state index in [9.17, 15) is 28.3 Å². The molecule has 198 valence electrons. The minimum atomic E-state index is -3.84. The molecule has 2 aromatic carbocycles. The molecular formula is C25H22F2N4O6Se. The Balaban J connectivity index is 1.29. The Morgan fingerprint density at radius 2 is 1.97 bits per heavy atom. The first-order chi connectivity index (χ1) is 18.1. The summed E-state index contributed by atoms with van der Waals surface area (Å²) in [6.07, 6.45) is -5.09. The number of nitrogens with one attached hydrogen (secondary N) is 1. The second-order valence-corrected chi connectivity index (χ2v) is 10.9. The first kappa shape index (κ1) is 26.1. The molecule has 1 aliphatic heterocycles. The van der Waals surface area contributed by atoms with E-state index in [1.165, 1.54) is 0 Å². The van der Waals surface area contributed by atoms with Gasteiger partial charge in [0.15, 0.2) is 6.10 Å². The molecule has 0 radical (unpaired) electrons. The Kier molecular flexibility index (Phi) is 6.88. The van der Waals surface area contributed by atoms with Crippen LogP contribution in [0.25, 0.3) is 15.3 Å². The number of carbonyl (C=O) groups is 1. The van der Waals surface area contributed by atoms with Crippen LogP contribution in [0.15, 0.2) is 64.3 Å². The number of aryl methyl sites for hydroxylation is 1. The molecule has 0 spiro atoms. The number of nitrogens with zero attached hydrogens (tertiary/aromatic N) is 3. The number of hydrogen-bond acceptors (Lipinski definition) is 7. The molecule has 2 aromatic heterocycles. The van der Waals surface area contributed by atoms with Crippen LogP contribution in [-0.2, 0) is 16.0 Å². The molecule has 3 atom stereocenters. The number of aliphatic hydroxyl groups is 2. The van der Waals surface area contributed by atoms with Gasteiger partial charge >= 0.3 is 171 Å².